The lowest BCUT2D eigenvalue weighted by molar-refractivity contribution is 0.561. The van der Waals surface area contributed by atoms with Crippen molar-refractivity contribution in [3.05, 3.63) is 50.6 Å². The number of hydrogen-bond acceptors (Lipinski definition) is 1. The molecule has 16 heavy (non-hydrogen) atoms. The van der Waals surface area contributed by atoms with Crippen LogP contribution >= 0.6 is 34.2 Å². The molecule has 0 bridgehead atoms. The number of halogens is 3. The largest absolute Gasteiger partial charge is 0.263 e. The van der Waals surface area contributed by atoms with E-state index in [0.29, 0.717) is 5.15 Å². The minimum atomic E-state index is -0.232. The zero-order valence-electron chi connectivity index (χ0n) is 8.49. The molecule has 0 aliphatic heterocycles. The zero-order valence-corrected chi connectivity index (χ0v) is 11.4. The van der Waals surface area contributed by atoms with Gasteiger partial charge in [-0.25, -0.2) is 4.39 Å². The molecular weight excluding hydrogens is 341 g/mol. The van der Waals surface area contributed by atoms with Crippen LogP contribution < -0.4 is 0 Å². The highest BCUT2D eigenvalue weighted by Gasteiger charge is 2.11. The standard InChI is InChI=1S/C11H9ClFIN2/c1-7(8-2-4-9(13)5-3-8)16-6-10(14)11(12)15-16/h2-7H,1H3. The molecule has 5 heteroatoms. The average Bonchev–Trinajstić information content (AvgIpc) is 2.59. The molecule has 1 aromatic carbocycles. The first-order valence-electron chi connectivity index (χ1n) is 4.73. The molecule has 2 rings (SSSR count). The smallest absolute Gasteiger partial charge is 0.164 e. The lowest BCUT2D eigenvalue weighted by Gasteiger charge is -2.12. The van der Waals surface area contributed by atoms with Gasteiger partial charge < -0.3 is 0 Å². The molecule has 0 spiro atoms. The van der Waals surface area contributed by atoms with E-state index in [1.807, 2.05) is 13.1 Å². The first kappa shape index (κ1) is 11.9. The predicted molar refractivity (Wildman–Crippen MR) is 70.2 cm³/mol. The Labute approximate surface area is 112 Å². The van der Waals surface area contributed by atoms with Crippen LogP contribution in [0.15, 0.2) is 30.5 Å². The van der Waals surface area contributed by atoms with Crippen molar-refractivity contribution < 1.29 is 4.39 Å². The van der Waals surface area contributed by atoms with E-state index in [9.17, 15) is 4.39 Å². The summed E-state index contributed by atoms with van der Waals surface area (Å²) in [5.41, 5.74) is 0.997. The summed E-state index contributed by atoms with van der Waals surface area (Å²) >= 11 is 8.01. The highest BCUT2D eigenvalue weighted by atomic mass is 127. The van der Waals surface area contributed by atoms with E-state index in [-0.39, 0.29) is 11.9 Å². The van der Waals surface area contributed by atoms with Gasteiger partial charge in [0.05, 0.1) is 9.61 Å². The van der Waals surface area contributed by atoms with Crippen LogP contribution in [0.1, 0.15) is 18.5 Å². The first-order chi connectivity index (χ1) is 7.58. The van der Waals surface area contributed by atoms with Crippen molar-refractivity contribution in [2.24, 2.45) is 0 Å². The third-order valence-corrected chi connectivity index (χ3v) is 3.78. The van der Waals surface area contributed by atoms with Crippen molar-refractivity contribution in [3.63, 3.8) is 0 Å². The van der Waals surface area contributed by atoms with Crippen molar-refractivity contribution in [2.75, 3.05) is 0 Å². The van der Waals surface area contributed by atoms with E-state index in [1.54, 1.807) is 16.8 Å². The molecule has 1 heterocycles. The summed E-state index contributed by atoms with van der Waals surface area (Å²) < 4.78 is 15.5. The average molecular weight is 351 g/mol. The summed E-state index contributed by atoms with van der Waals surface area (Å²) in [4.78, 5) is 0. The van der Waals surface area contributed by atoms with E-state index in [2.05, 4.69) is 27.7 Å². The first-order valence-corrected chi connectivity index (χ1v) is 6.19. The maximum absolute atomic E-state index is 12.8. The summed E-state index contributed by atoms with van der Waals surface area (Å²) in [6.07, 6.45) is 1.87. The molecule has 84 valence electrons. The van der Waals surface area contributed by atoms with Gasteiger partial charge in [-0.3, -0.25) is 4.68 Å². The van der Waals surface area contributed by atoms with Gasteiger partial charge in [0.25, 0.3) is 0 Å². The minimum Gasteiger partial charge on any atom is -0.263 e. The van der Waals surface area contributed by atoms with Gasteiger partial charge in [0.15, 0.2) is 5.15 Å². The maximum Gasteiger partial charge on any atom is 0.164 e. The highest BCUT2D eigenvalue weighted by Crippen LogP contribution is 2.22. The molecule has 0 radical (unpaired) electrons. The quantitative estimate of drug-likeness (QED) is 0.752. The Morgan fingerprint density at radius 1 is 1.38 bits per heavy atom. The SMILES string of the molecule is CC(c1ccc(F)cc1)n1cc(I)c(Cl)n1. The molecule has 0 fully saturated rings. The monoisotopic (exact) mass is 350 g/mol. The van der Waals surface area contributed by atoms with E-state index < -0.39 is 0 Å². The molecule has 0 saturated heterocycles. The van der Waals surface area contributed by atoms with Gasteiger partial charge in [-0.1, -0.05) is 23.7 Å². The second kappa shape index (κ2) is 4.71. The second-order valence-electron chi connectivity index (χ2n) is 3.48. The van der Waals surface area contributed by atoms with Gasteiger partial charge >= 0.3 is 0 Å². The Balaban J connectivity index is 2.31. The number of nitrogens with zero attached hydrogens (tertiary/aromatic N) is 2. The van der Waals surface area contributed by atoms with Crippen LogP contribution in [0.3, 0.4) is 0 Å². The van der Waals surface area contributed by atoms with Crippen molar-refractivity contribution in [2.45, 2.75) is 13.0 Å². The number of aromatic nitrogens is 2. The highest BCUT2D eigenvalue weighted by molar-refractivity contribution is 14.1. The van der Waals surface area contributed by atoms with Crippen LogP contribution in [0.2, 0.25) is 5.15 Å². The number of benzene rings is 1. The molecule has 0 saturated carbocycles. The van der Waals surface area contributed by atoms with Crippen LogP contribution in [0.25, 0.3) is 0 Å². The topological polar surface area (TPSA) is 17.8 Å². The summed E-state index contributed by atoms with van der Waals surface area (Å²) in [6.45, 7) is 1.99. The minimum absolute atomic E-state index is 0.0432. The summed E-state index contributed by atoms with van der Waals surface area (Å²) in [6, 6.07) is 6.44. The molecule has 1 unspecified atom stereocenters. The van der Waals surface area contributed by atoms with E-state index >= 15 is 0 Å². The fourth-order valence-electron chi connectivity index (χ4n) is 1.44. The number of hydrogen-bond donors (Lipinski definition) is 0. The fraction of sp³-hybridized carbons (Fsp3) is 0.182. The van der Waals surface area contributed by atoms with Crippen molar-refractivity contribution in [1.29, 1.82) is 0 Å². The van der Waals surface area contributed by atoms with E-state index in [4.69, 9.17) is 11.6 Å². The zero-order chi connectivity index (χ0) is 11.7. The normalized spacial score (nSPS) is 12.8. The van der Waals surface area contributed by atoms with Gasteiger partial charge in [-0.2, -0.15) is 5.10 Å². The third kappa shape index (κ3) is 2.38. The Kier molecular flexibility index (Phi) is 3.49. The van der Waals surface area contributed by atoms with Crippen molar-refractivity contribution >= 4 is 34.2 Å². The Hall–Kier alpha value is -0.620. The Bertz CT molecular complexity index is 476. The van der Waals surface area contributed by atoms with Crippen LogP contribution in [0.4, 0.5) is 4.39 Å². The molecule has 0 N–H and O–H groups in total. The lowest BCUT2D eigenvalue weighted by atomic mass is 10.1. The van der Waals surface area contributed by atoms with E-state index in [1.165, 1.54) is 12.1 Å². The molecule has 0 amide bonds. The van der Waals surface area contributed by atoms with Gasteiger partial charge in [0, 0.05) is 6.20 Å². The van der Waals surface area contributed by atoms with Gasteiger partial charge in [-0.05, 0) is 47.2 Å². The van der Waals surface area contributed by atoms with Crippen LogP contribution in [0.5, 0.6) is 0 Å². The molecule has 2 aromatic rings. The Morgan fingerprint density at radius 2 is 2.00 bits per heavy atom. The molecule has 1 aromatic heterocycles. The lowest BCUT2D eigenvalue weighted by Crippen LogP contribution is -2.07. The third-order valence-electron chi connectivity index (χ3n) is 2.40. The van der Waals surface area contributed by atoms with Gasteiger partial charge in [-0.15, -0.1) is 0 Å². The van der Waals surface area contributed by atoms with Crippen LogP contribution in [-0.2, 0) is 0 Å². The van der Waals surface area contributed by atoms with Crippen molar-refractivity contribution in [1.82, 2.24) is 9.78 Å². The van der Waals surface area contributed by atoms with Crippen molar-refractivity contribution in [3.8, 4) is 0 Å². The van der Waals surface area contributed by atoms with Gasteiger partial charge in [0.2, 0.25) is 0 Å². The maximum atomic E-state index is 12.8. The molecule has 0 aliphatic carbocycles. The van der Waals surface area contributed by atoms with E-state index in [0.717, 1.165) is 9.13 Å². The molecule has 1 atom stereocenters. The van der Waals surface area contributed by atoms with Crippen LogP contribution in [0, 0.1) is 9.39 Å². The number of rotatable bonds is 2. The fourth-order valence-corrected chi connectivity index (χ4v) is 1.97. The van der Waals surface area contributed by atoms with Gasteiger partial charge in [0.1, 0.15) is 5.82 Å². The molecule has 2 nitrogen and oxygen atoms in total. The Morgan fingerprint density at radius 3 is 2.50 bits per heavy atom. The second-order valence-corrected chi connectivity index (χ2v) is 5.00. The summed E-state index contributed by atoms with van der Waals surface area (Å²) in [5.74, 6) is -0.232. The predicted octanol–water partition coefficient (Wildman–Crippen LogP) is 3.89. The summed E-state index contributed by atoms with van der Waals surface area (Å²) in [5, 5.41) is 4.68. The van der Waals surface area contributed by atoms with Crippen LogP contribution in [-0.4, -0.2) is 9.78 Å². The summed E-state index contributed by atoms with van der Waals surface area (Å²) in [7, 11) is 0. The molecular formula is C11H9ClFIN2. The molecule has 0 aliphatic rings.